The second-order valence-corrected chi connectivity index (χ2v) is 3.90. The minimum absolute atomic E-state index is 0.0445. The van der Waals surface area contributed by atoms with Crippen LogP contribution in [0.4, 0.5) is 0 Å². The fourth-order valence-corrected chi connectivity index (χ4v) is 1.57. The van der Waals surface area contributed by atoms with Crippen LogP contribution in [0.3, 0.4) is 0 Å². The summed E-state index contributed by atoms with van der Waals surface area (Å²) in [5, 5.41) is 13.4. The van der Waals surface area contributed by atoms with Crippen molar-refractivity contribution in [2.24, 2.45) is 0 Å². The molecule has 2 rings (SSSR count). The Morgan fingerprint density at radius 2 is 2.44 bits per heavy atom. The molecule has 0 atom stereocenters. The number of carbonyl (C=O) groups is 1. The van der Waals surface area contributed by atoms with Crippen molar-refractivity contribution in [2.45, 2.75) is 25.8 Å². The number of hydrogen-bond donors (Lipinski definition) is 2. The summed E-state index contributed by atoms with van der Waals surface area (Å²) in [6, 6.07) is 1.84. The monoisotopic (exact) mass is 248 g/mol. The summed E-state index contributed by atoms with van der Waals surface area (Å²) in [6.07, 6.45) is 7.12. The predicted molar refractivity (Wildman–Crippen MR) is 64.6 cm³/mol. The number of rotatable bonds is 7. The van der Waals surface area contributed by atoms with Crippen molar-refractivity contribution in [1.82, 2.24) is 30.3 Å². The van der Waals surface area contributed by atoms with E-state index in [4.69, 9.17) is 0 Å². The zero-order valence-corrected chi connectivity index (χ0v) is 10.0. The van der Waals surface area contributed by atoms with E-state index in [0.717, 1.165) is 18.7 Å². The average Bonchev–Trinajstić information content (AvgIpc) is 3.04. The highest BCUT2D eigenvalue weighted by molar-refractivity contribution is 5.75. The molecule has 0 spiro atoms. The highest BCUT2D eigenvalue weighted by atomic mass is 16.1. The maximum Gasteiger partial charge on any atom is 0.221 e. The Bertz CT molecular complexity index is 450. The molecule has 0 unspecified atom stereocenters. The predicted octanol–water partition coefficient (Wildman–Crippen LogP) is 0.140. The molecule has 0 aromatic carbocycles. The summed E-state index contributed by atoms with van der Waals surface area (Å²) in [5.41, 5.74) is 0. The summed E-state index contributed by atoms with van der Waals surface area (Å²) >= 11 is 0. The van der Waals surface area contributed by atoms with E-state index >= 15 is 0 Å². The van der Waals surface area contributed by atoms with Crippen LogP contribution in [0.25, 0.3) is 0 Å². The van der Waals surface area contributed by atoms with Gasteiger partial charge < -0.3 is 5.32 Å². The lowest BCUT2D eigenvalue weighted by Crippen LogP contribution is -2.25. The number of aryl methyl sites for hydroxylation is 2. The van der Waals surface area contributed by atoms with E-state index in [0.29, 0.717) is 19.5 Å². The minimum atomic E-state index is 0.0445. The first kappa shape index (κ1) is 12.3. The van der Waals surface area contributed by atoms with Crippen molar-refractivity contribution >= 4 is 5.91 Å². The van der Waals surface area contributed by atoms with Crippen LogP contribution in [-0.2, 0) is 17.8 Å². The Morgan fingerprint density at radius 1 is 1.50 bits per heavy atom. The van der Waals surface area contributed by atoms with E-state index in [1.165, 1.54) is 6.33 Å². The van der Waals surface area contributed by atoms with E-state index in [2.05, 4.69) is 25.6 Å². The lowest BCUT2D eigenvalue weighted by molar-refractivity contribution is -0.121. The molecule has 2 aromatic heterocycles. The largest absolute Gasteiger partial charge is 0.356 e. The summed E-state index contributed by atoms with van der Waals surface area (Å²) in [6.45, 7) is 1.26. The van der Waals surface area contributed by atoms with E-state index in [-0.39, 0.29) is 5.91 Å². The zero-order valence-electron chi connectivity index (χ0n) is 10.0. The summed E-state index contributed by atoms with van der Waals surface area (Å²) in [7, 11) is 0. The van der Waals surface area contributed by atoms with Gasteiger partial charge in [-0.05, 0) is 12.5 Å². The highest BCUT2D eigenvalue weighted by Crippen LogP contribution is 1.93. The third kappa shape index (κ3) is 4.00. The zero-order chi connectivity index (χ0) is 12.6. The van der Waals surface area contributed by atoms with Gasteiger partial charge in [0.1, 0.15) is 12.2 Å². The average molecular weight is 248 g/mol. The van der Waals surface area contributed by atoms with Crippen molar-refractivity contribution in [1.29, 1.82) is 0 Å². The number of carbonyl (C=O) groups excluding carboxylic acids is 1. The van der Waals surface area contributed by atoms with Crippen LogP contribution >= 0.6 is 0 Å². The molecule has 7 heteroatoms. The molecule has 7 nitrogen and oxygen atoms in total. The van der Waals surface area contributed by atoms with Crippen LogP contribution in [0, 0.1) is 0 Å². The third-order valence-corrected chi connectivity index (χ3v) is 2.50. The van der Waals surface area contributed by atoms with Crippen molar-refractivity contribution in [3.63, 3.8) is 0 Å². The second kappa shape index (κ2) is 6.53. The van der Waals surface area contributed by atoms with Gasteiger partial charge in [-0.25, -0.2) is 4.98 Å². The molecule has 96 valence electrons. The maximum atomic E-state index is 11.5. The molecular formula is C11H16N6O. The van der Waals surface area contributed by atoms with Crippen LogP contribution in [0.2, 0.25) is 0 Å². The number of aromatic nitrogens is 5. The fraction of sp³-hybridized carbons (Fsp3) is 0.455. The lowest BCUT2D eigenvalue weighted by Gasteiger charge is -2.04. The molecule has 0 radical (unpaired) electrons. The highest BCUT2D eigenvalue weighted by Gasteiger charge is 2.02. The van der Waals surface area contributed by atoms with Crippen LogP contribution in [0.1, 0.15) is 18.7 Å². The Labute approximate surface area is 105 Å². The number of hydrogen-bond acceptors (Lipinski definition) is 4. The maximum absolute atomic E-state index is 11.5. The van der Waals surface area contributed by atoms with Gasteiger partial charge in [0, 0.05) is 38.3 Å². The molecule has 0 saturated heterocycles. The first-order valence-corrected chi connectivity index (χ1v) is 5.93. The smallest absolute Gasteiger partial charge is 0.221 e. The van der Waals surface area contributed by atoms with Crippen molar-refractivity contribution in [2.75, 3.05) is 6.54 Å². The van der Waals surface area contributed by atoms with Crippen LogP contribution in [0.15, 0.2) is 24.8 Å². The standard InChI is InChI=1S/C11H16N6O/c18-11(4-8-17-7-2-6-15-17)12-5-1-3-10-13-9-14-16-10/h2,6-7,9H,1,3-5,8H2,(H,12,18)(H,13,14,16). The first-order chi connectivity index (χ1) is 8.84. The van der Waals surface area contributed by atoms with Gasteiger partial charge in [0.05, 0.1) is 0 Å². The van der Waals surface area contributed by atoms with Crippen molar-refractivity contribution in [3.05, 3.63) is 30.6 Å². The minimum Gasteiger partial charge on any atom is -0.356 e. The third-order valence-electron chi connectivity index (χ3n) is 2.50. The fourth-order valence-electron chi connectivity index (χ4n) is 1.57. The SMILES string of the molecule is O=C(CCn1cccn1)NCCCc1ncn[nH]1. The molecule has 0 fully saturated rings. The Kier molecular flexibility index (Phi) is 4.46. The van der Waals surface area contributed by atoms with Gasteiger partial charge in [0.2, 0.25) is 5.91 Å². The quantitative estimate of drug-likeness (QED) is 0.682. The van der Waals surface area contributed by atoms with Gasteiger partial charge in [-0.15, -0.1) is 0 Å². The van der Waals surface area contributed by atoms with E-state index < -0.39 is 0 Å². The summed E-state index contributed by atoms with van der Waals surface area (Å²) in [4.78, 5) is 15.5. The van der Waals surface area contributed by atoms with Crippen LogP contribution in [-0.4, -0.2) is 37.4 Å². The number of amides is 1. The molecule has 1 amide bonds. The Morgan fingerprint density at radius 3 is 3.17 bits per heavy atom. The number of H-pyrrole nitrogens is 1. The molecule has 0 aliphatic carbocycles. The molecule has 0 saturated carbocycles. The van der Waals surface area contributed by atoms with Gasteiger partial charge in [-0.2, -0.15) is 10.2 Å². The Hall–Kier alpha value is -2.18. The normalized spacial score (nSPS) is 10.4. The summed E-state index contributed by atoms with van der Waals surface area (Å²) < 4.78 is 1.74. The molecule has 2 heterocycles. The molecule has 2 N–H and O–H groups in total. The van der Waals surface area contributed by atoms with E-state index in [1.54, 1.807) is 10.9 Å². The van der Waals surface area contributed by atoms with Gasteiger partial charge in [0.25, 0.3) is 0 Å². The second-order valence-electron chi connectivity index (χ2n) is 3.90. The molecular weight excluding hydrogens is 232 g/mol. The molecule has 0 bridgehead atoms. The van der Waals surface area contributed by atoms with Crippen LogP contribution < -0.4 is 5.32 Å². The summed E-state index contributed by atoms with van der Waals surface area (Å²) in [5.74, 6) is 0.892. The van der Waals surface area contributed by atoms with Gasteiger partial charge in [-0.1, -0.05) is 0 Å². The molecule has 2 aromatic rings. The lowest BCUT2D eigenvalue weighted by atomic mass is 10.3. The molecule has 0 aliphatic rings. The van der Waals surface area contributed by atoms with E-state index in [1.807, 2.05) is 12.3 Å². The van der Waals surface area contributed by atoms with Gasteiger partial charge in [-0.3, -0.25) is 14.6 Å². The van der Waals surface area contributed by atoms with Gasteiger partial charge >= 0.3 is 0 Å². The molecule has 0 aliphatic heterocycles. The van der Waals surface area contributed by atoms with E-state index in [9.17, 15) is 4.79 Å². The van der Waals surface area contributed by atoms with Gasteiger partial charge in [0.15, 0.2) is 0 Å². The number of aromatic amines is 1. The number of nitrogens with one attached hydrogen (secondary N) is 2. The van der Waals surface area contributed by atoms with Crippen molar-refractivity contribution in [3.8, 4) is 0 Å². The Balaban J connectivity index is 1.55. The first-order valence-electron chi connectivity index (χ1n) is 5.93. The number of nitrogens with zero attached hydrogens (tertiary/aromatic N) is 4. The van der Waals surface area contributed by atoms with Crippen LogP contribution in [0.5, 0.6) is 0 Å². The molecule has 18 heavy (non-hydrogen) atoms. The topological polar surface area (TPSA) is 88.5 Å². The van der Waals surface area contributed by atoms with Crippen molar-refractivity contribution < 1.29 is 4.79 Å².